The Morgan fingerprint density at radius 1 is 1.32 bits per heavy atom. The average Bonchev–Trinajstić information content (AvgIpc) is 3.20. The van der Waals surface area contributed by atoms with Gasteiger partial charge in [0.1, 0.15) is 5.82 Å². The number of aryl methyl sites for hydroxylation is 1. The first-order valence-electron chi connectivity index (χ1n) is 7.87. The molecule has 1 aliphatic carbocycles. The Hall–Kier alpha value is -2.14. The number of nitrogens with one attached hydrogen (secondary N) is 2. The smallest absolute Gasteiger partial charge is 0.224 e. The molecule has 1 aromatic carbocycles. The lowest BCUT2D eigenvalue weighted by molar-refractivity contribution is 0.665. The summed E-state index contributed by atoms with van der Waals surface area (Å²) in [6.07, 6.45) is 5.25. The normalized spacial score (nSPS) is 19.7. The van der Waals surface area contributed by atoms with E-state index in [1.54, 1.807) is 6.20 Å². The predicted octanol–water partition coefficient (Wildman–Crippen LogP) is 3.07. The second kappa shape index (κ2) is 6.75. The zero-order valence-corrected chi connectivity index (χ0v) is 12.9. The topological polar surface area (TPSA) is 75.9 Å². The Morgan fingerprint density at radius 2 is 2.18 bits per heavy atom. The molecule has 3 rings (SSSR count). The summed E-state index contributed by atoms with van der Waals surface area (Å²) < 4.78 is 0. The first-order chi connectivity index (χ1) is 10.7. The van der Waals surface area contributed by atoms with E-state index in [0.29, 0.717) is 12.0 Å². The fourth-order valence-corrected chi connectivity index (χ4v) is 2.55. The van der Waals surface area contributed by atoms with E-state index >= 15 is 0 Å². The summed E-state index contributed by atoms with van der Waals surface area (Å²) in [5.74, 6) is 2.20. The van der Waals surface area contributed by atoms with Crippen molar-refractivity contribution in [2.45, 2.75) is 32.2 Å². The number of benzene rings is 1. The first-order valence-corrected chi connectivity index (χ1v) is 7.87. The van der Waals surface area contributed by atoms with Gasteiger partial charge in [0.05, 0.1) is 0 Å². The van der Waals surface area contributed by atoms with Crippen LogP contribution in [0.1, 0.15) is 24.8 Å². The number of anilines is 3. The molecule has 5 heteroatoms. The highest BCUT2D eigenvalue weighted by Gasteiger charge is 2.32. The highest BCUT2D eigenvalue weighted by molar-refractivity contribution is 5.57. The van der Waals surface area contributed by atoms with E-state index in [0.717, 1.165) is 30.4 Å². The Kier molecular flexibility index (Phi) is 4.53. The van der Waals surface area contributed by atoms with Gasteiger partial charge in [0.15, 0.2) is 0 Å². The van der Waals surface area contributed by atoms with Crippen molar-refractivity contribution in [2.75, 3.05) is 17.2 Å². The van der Waals surface area contributed by atoms with Crippen LogP contribution in [0.25, 0.3) is 0 Å². The van der Waals surface area contributed by atoms with Gasteiger partial charge in [-0.05, 0) is 55.9 Å². The molecule has 0 spiro atoms. The van der Waals surface area contributed by atoms with Gasteiger partial charge in [0.25, 0.3) is 0 Å². The molecule has 1 saturated carbocycles. The molecule has 2 atom stereocenters. The van der Waals surface area contributed by atoms with Crippen molar-refractivity contribution in [3.63, 3.8) is 0 Å². The molecular weight excluding hydrogens is 274 g/mol. The lowest BCUT2D eigenvalue weighted by Gasteiger charge is -2.09. The number of hydrogen-bond donors (Lipinski definition) is 3. The Bertz CT molecular complexity index is 628. The summed E-state index contributed by atoms with van der Waals surface area (Å²) in [5.41, 5.74) is 8.06. The maximum atomic E-state index is 5.81. The van der Waals surface area contributed by atoms with Crippen LogP contribution in [0.15, 0.2) is 36.5 Å². The Morgan fingerprint density at radius 3 is 2.95 bits per heavy atom. The summed E-state index contributed by atoms with van der Waals surface area (Å²) in [6, 6.07) is 10.5. The van der Waals surface area contributed by atoms with Gasteiger partial charge in [-0.1, -0.05) is 12.1 Å². The summed E-state index contributed by atoms with van der Waals surface area (Å²) >= 11 is 0. The summed E-state index contributed by atoms with van der Waals surface area (Å²) in [7, 11) is 0. The Labute approximate surface area is 131 Å². The quantitative estimate of drug-likeness (QED) is 0.685. The zero-order chi connectivity index (χ0) is 15.4. The third-order valence-electron chi connectivity index (χ3n) is 3.96. The van der Waals surface area contributed by atoms with E-state index in [4.69, 9.17) is 5.73 Å². The lowest BCUT2D eigenvalue weighted by atomic mass is 10.2. The predicted molar refractivity (Wildman–Crippen MR) is 90.3 cm³/mol. The standard InChI is InChI=1S/C17H23N5/c1-12-4-2-6-14(10-12)21-16-7-9-20-17(22-16)19-8-3-5-13-11-15(13)18/h2,4,6-7,9-10,13,15H,3,5,8,11,18H2,1H3,(H2,19,20,21,22). The van der Waals surface area contributed by atoms with Crippen molar-refractivity contribution < 1.29 is 0 Å². The minimum atomic E-state index is 0.443. The second-order valence-corrected chi connectivity index (χ2v) is 5.99. The third-order valence-corrected chi connectivity index (χ3v) is 3.96. The van der Waals surface area contributed by atoms with Gasteiger partial charge in [-0.25, -0.2) is 4.98 Å². The fourth-order valence-electron chi connectivity index (χ4n) is 2.55. The SMILES string of the molecule is Cc1cccc(Nc2ccnc(NCCCC3CC3N)n2)c1. The molecule has 116 valence electrons. The van der Waals surface area contributed by atoms with Crippen molar-refractivity contribution in [2.24, 2.45) is 11.7 Å². The van der Waals surface area contributed by atoms with Crippen LogP contribution in [0, 0.1) is 12.8 Å². The van der Waals surface area contributed by atoms with Crippen LogP contribution in [0.2, 0.25) is 0 Å². The average molecular weight is 297 g/mol. The highest BCUT2D eigenvalue weighted by atomic mass is 15.1. The van der Waals surface area contributed by atoms with E-state index in [2.05, 4.69) is 39.7 Å². The van der Waals surface area contributed by atoms with Gasteiger partial charge < -0.3 is 16.4 Å². The molecular formula is C17H23N5. The van der Waals surface area contributed by atoms with Crippen LogP contribution in [-0.2, 0) is 0 Å². The molecule has 4 N–H and O–H groups in total. The van der Waals surface area contributed by atoms with Crippen LogP contribution < -0.4 is 16.4 Å². The maximum Gasteiger partial charge on any atom is 0.224 e. The monoisotopic (exact) mass is 297 g/mol. The van der Waals surface area contributed by atoms with Crippen LogP contribution in [0.5, 0.6) is 0 Å². The van der Waals surface area contributed by atoms with Crippen molar-refractivity contribution in [1.82, 2.24) is 9.97 Å². The molecule has 1 fully saturated rings. The second-order valence-electron chi connectivity index (χ2n) is 5.99. The molecule has 22 heavy (non-hydrogen) atoms. The largest absolute Gasteiger partial charge is 0.354 e. The molecule has 0 amide bonds. The van der Waals surface area contributed by atoms with Crippen molar-refractivity contribution >= 4 is 17.5 Å². The minimum Gasteiger partial charge on any atom is -0.354 e. The molecule has 1 aliphatic rings. The lowest BCUT2D eigenvalue weighted by Crippen LogP contribution is -2.08. The van der Waals surface area contributed by atoms with Gasteiger partial charge in [0.2, 0.25) is 5.95 Å². The van der Waals surface area contributed by atoms with Gasteiger partial charge in [-0.3, -0.25) is 0 Å². The van der Waals surface area contributed by atoms with Crippen LogP contribution in [-0.4, -0.2) is 22.6 Å². The van der Waals surface area contributed by atoms with E-state index in [1.165, 1.54) is 18.4 Å². The fraction of sp³-hybridized carbons (Fsp3) is 0.412. The van der Waals surface area contributed by atoms with Crippen molar-refractivity contribution in [3.05, 3.63) is 42.1 Å². The van der Waals surface area contributed by atoms with E-state index in [-0.39, 0.29) is 0 Å². The van der Waals surface area contributed by atoms with E-state index < -0.39 is 0 Å². The van der Waals surface area contributed by atoms with Crippen molar-refractivity contribution in [1.29, 1.82) is 0 Å². The van der Waals surface area contributed by atoms with Crippen LogP contribution >= 0.6 is 0 Å². The zero-order valence-electron chi connectivity index (χ0n) is 12.9. The number of hydrogen-bond acceptors (Lipinski definition) is 5. The molecule has 2 aromatic rings. The van der Waals surface area contributed by atoms with Gasteiger partial charge >= 0.3 is 0 Å². The van der Waals surface area contributed by atoms with E-state index in [1.807, 2.05) is 18.2 Å². The number of nitrogens with zero attached hydrogens (tertiary/aromatic N) is 2. The molecule has 1 aromatic heterocycles. The molecule has 5 nitrogen and oxygen atoms in total. The molecule has 2 unspecified atom stereocenters. The van der Waals surface area contributed by atoms with Crippen LogP contribution in [0.3, 0.4) is 0 Å². The summed E-state index contributed by atoms with van der Waals surface area (Å²) in [5, 5.41) is 6.58. The summed E-state index contributed by atoms with van der Waals surface area (Å²) in [4.78, 5) is 8.75. The van der Waals surface area contributed by atoms with Gasteiger partial charge in [-0.2, -0.15) is 4.98 Å². The summed E-state index contributed by atoms with van der Waals surface area (Å²) in [6.45, 7) is 2.96. The molecule has 0 radical (unpaired) electrons. The molecule has 1 heterocycles. The number of nitrogens with two attached hydrogens (primary N) is 1. The number of aromatic nitrogens is 2. The van der Waals surface area contributed by atoms with Gasteiger partial charge in [-0.15, -0.1) is 0 Å². The van der Waals surface area contributed by atoms with Crippen LogP contribution in [0.4, 0.5) is 17.5 Å². The molecule has 0 bridgehead atoms. The van der Waals surface area contributed by atoms with Crippen molar-refractivity contribution in [3.8, 4) is 0 Å². The van der Waals surface area contributed by atoms with Gasteiger partial charge in [0, 0.05) is 24.5 Å². The highest BCUT2D eigenvalue weighted by Crippen LogP contribution is 2.32. The molecule has 0 aliphatic heterocycles. The third kappa shape index (κ3) is 4.18. The first kappa shape index (κ1) is 14.8. The van der Waals surface area contributed by atoms with E-state index in [9.17, 15) is 0 Å². The maximum absolute atomic E-state index is 5.81. The Balaban J connectivity index is 1.51. The number of rotatable bonds is 7. The molecule has 0 saturated heterocycles. The minimum absolute atomic E-state index is 0.443.